The van der Waals surface area contributed by atoms with Gasteiger partial charge in [0.05, 0.1) is 0 Å². The smallest absolute Gasteiger partial charge is 0.220 e. The highest BCUT2D eigenvalue weighted by Crippen LogP contribution is 2.38. The molecule has 0 unspecified atom stereocenters. The van der Waals surface area contributed by atoms with Crippen molar-refractivity contribution in [1.29, 1.82) is 0 Å². The van der Waals surface area contributed by atoms with Crippen LogP contribution < -0.4 is 16.0 Å². The minimum atomic E-state index is 0.0291. The zero-order valence-electron chi connectivity index (χ0n) is 14.6. The van der Waals surface area contributed by atoms with Gasteiger partial charge < -0.3 is 16.0 Å². The molecule has 5 heteroatoms. The van der Waals surface area contributed by atoms with E-state index in [0.29, 0.717) is 19.5 Å². The maximum absolute atomic E-state index is 12.4. The number of anilines is 1. The second-order valence-electron chi connectivity index (χ2n) is 7.43. The summed E-state index contributed by atoms with van der Waals surface area (Å²) in [5.41, 5.74) is 7.14. The Kier molecular flexibility index (Phi) is 5.72. The summed E-state index contributed by atoms with van der Waals surface area (Å²) in [6.45, 7) is 3.36. The van der Waals surface area contributed by atoms with Gasteiger partial charge in [0.25, 0.3) is 0 Å². The van der Waals surface area contributed by atoms with Gasteiger partial charge in [-0.25, -0.2) is 4.98 Å². The Morgan fingerprint density at radius 3 is 2.67 bits per heavy atom. The van der Waals surface area contributed by atoms with Crippen molar-refractivity contribution in [3.8, 4) is 0 Å². The number of nitrogens with one attached hydrogen (secondary N) is 1. The van der Waals surface area contributed by atoms with Crippen LogP contribution in [0.1, 0.15) is 56.9 Å². The van der Waals surface area contributed by atoms with Crippen LogP contribution in [0.25, 0.3) is 0 Å². The fraction of sp³-hybridized carbons (Fsp3) is 0.684. The highest BCUT2D eigenvalue weighted by atomic mass is 16.1. The van der Waals surface area contributed by atoms with Crippen LogP contribution in [0.15, 0.2) is 18.3 Å². The first-order chi connectivity index (χ1) is 11.7. The van der Waals surface area contributed by atoms with Gasteiger partial charge in [0.15, 0.2) is 0 Å². The summed E-state index contributed by atoms with van der Waals surface area (Å²) in [5.74, 6) is 1.16. The summed E-state index contributed by atoms with van der Waals surface area (Å²) in [6, 6.07) is 4.09. The average Bonchev–Trinajstić information content (AvgIpc) is 3.16. The summed E-state index contributed by atoms with van der Waals surface area (Å²) in [6.07, 6.45) is 10.7. The van der Waals surface area contributed by atoms with Crippen molar-refractivity contribution in [1.82, 2.24) is 10.3 Å². The SMILES string of the molecule is NCC1(CC(=O)NCc2ccnc(N3CCCC3)c2)CCCCC1. The maximum Gasteiger partial charge on any atom is 0.220 e. The van der Waals surface area contributed by atoms with Crippen LogP contribution in [0.3, 0.4) is 0 Å². The molecular formula is C19H30N4O. The molecule has 1 aliphatic carbocycles. The molecule has 132 valence electrons. The fourth-order valence-electron chi connectivity index (χ4n) is 4.05. The number of hydrogen-bond donors (Lipinski definition) is 2. The van der Waals surface area contributed by atoms with Crippen molar-refractivity contribution < 1.29 is 4.79 Å². The lowest BCUT2D eigenvalue weighted by Crippen LogP contribution is -2.38. The predicted molar refractivity (Wildman–Crippen MR) is 96.7 cm³/mol. The van der Waals surface area contributed by atoms with Crippen LogP contribution in [0.4, 0.5) is 5.82 Å². The van der Waals surface area contributed by atoms with E-state index >= 15 is 0 Å². The number of amides is 1. The molecule has 0 atom stereocenters. The lowest BCUT2D eigenvalue weighted by Gasteiger charge is -2.35. The molecule has 2 aliphatic rings. The molecule has 2 fully saturated rings. The Labute approximate surface area is 145 Å². The first-order valence-electron chi connectivity index (χ1n) is 9.37. The highest BCUT2D eigenvalue weighted by molar-refractivity contribution is 5.76. The number of hydrogen-bond acceptors (Lipinski definition) is 4. The minimum Gasteiger partial charge on any atom is -0.357 e. The van der Waals surface area contributed by atoms with Crippen LogP contribution in [-0.4, -0.2) is 30.5 Å². The summed E-state index contributed by atoms with van der Waals surface area (Å²) in [5, 5.41) is 3.08. The molecule has 3 N–H and O–H groups in total. The van der Waals surface area contributed by atoms with E-state index in [1.165, 1.54) is 32.1 Å². The van der Waals surface area contributed by atoms with E-state index < -0.39 is 0 Å². The van der Waals surface area contributed by atoms with E-state index in [4.69, 9.17) is 5.73 Å². The van der Waals surface area contributed by atoms with Crippen molar-refractivity contribution in [3.05, 3.63) is 23.9 Å². The first-order valence-corrected chi connectivity index (χ1v) is 9.37. The van der Waals surface area contributed by atoms with Crippen molar-refractivity contribution >= 4 is 11.7 Å². The van der Waals surface area contributed by atoms with Crippen LogP contribution >= 0.6 is 0 Å². The summed E-state index contributed by atoms with van der Waals surface area (Å²) >= 11 is 0. The third kappa shape index (κ3) is 4.26. The number of nitrogens with two attached hydrogens (primary N) is 1. The highest BCUT2D eigenvalue weighted by Gasteiger charge is 2.32. The second kappa shape index (κ2) is 7.97. The summed E-state index contributed by atoms with van der Waals surface area (Å²) in [4.78, 5) is 19.2. The van der Waals surface area contributed by atoms with Gasteiger partial charge in [-0.1, -0.05) is 19.3 Å². The molecule has 3 rings (SSSR count). The second-order valence-corrected chi connectivity index (χ2v) is 7.43. The van der Waals surface area contributed by atoms with E-state index in [1.807, 2.05) is 12.3 Å². The first kappa shape index (κ1) is 17.2. The van der Waals surface area contributed by atoms with Gasteiger partial charge in [0, 0.05) is 32.3 Å². The number of nitrogens with zero attached hydrogens (tertiary/aromatic N) is 2. The molecule has 24 heavy (non-hydrogen) atoms. The topological polar surface area (TPSA) is 71.2 Å². The van der Waals surface area contributed by atoms with Gasteiger partial charge in [-0.2, -0.15) is 0 Å². The van der Waals surface area contributed by atoms with Gasteiger partial charge in [0.2, 0.25) is 5.91 Å². The zero-order chi connectivity index (χ0) is 16.8. The van der Waals surface area contributed by atoms with E-state index in [1.54, 1.807) is 0 Å². The predicted octanol–water partition coefficient (Wildman–Crippen LogP) is 2.60. The molecule has 0 bridgehead atoms. The molecule has 1 aromatic heterocycles. The molecule has 0 aromatic carbocycles. The molecule has 1 saturated carbocycles. The van der Waals surface area contributed by atoms with Crippen LogP contribution in [-0.2, 0) is 11.3 Å². The largest absolute Gasteiger partial charge is 0.357 e. The molecule has 0 spiro atoms. The minimum absolute atomic E-state index is 0.0291. The van der Waals surface area contributed by atoms with Crippen LogP contribution in [0.5, 0.6) is 0 Å². The third-order valence-corrected chi connectivity index (χ3v) is 5.61. The number of rotatable bonds is 6. The Balaban J connectivity index is 1.53. The average molecular weight is 330 g/mol. The van der Waals surface area contributed by atoms with Gasteiger partial charge >= 0.3 is 0 Å². The Bertz CT molecular complexity index is 548. The molecule has 1 amide bonds. The van der Waals surface area contributed by atoms with Crippen molar-refractivity contribution in [3.63, 3.8) is 0 Å². The zero-order valence-corrected chi connectivity index (χ0v) is 14.6. The maximum atomic E-state index is 12.4. The standard InChI is InChI=1S/C19H30N4O/c20-15-19(7-2-1-3-8-19)13-18(24)22-14-16-6-9-21-17(12-16)23-10-4-5-11-23/h6,9,12H,1-5,7-8,10-11,13-15,20H2,(H,22,24). The van der Waals surface area contributed by atoms with Gasteiger partial charge in [-0.3, -0.25) is 4.79 Å². The lowest BCUT2D eigenvalue weighted by molar-refractivity contribution is -0.124. The Morgan fingerprint density at radius 2 is 1.96 bits per heavy atom. The van der Waals surface area contributed by atoms with Crippen molar-refractivity contribution in [2.24, 2.45) is 11.1 Å². The van der Waals surface area contributed by atoms with E-state index in [0.717, 1.165) is 37.3 Å². The number of aromatic nitrogens is 1. The van der Waals surface area contributed by atoms with Gasteiger partial charge in [-0.15, -0.1) is 0 Å². The van der Waals surface area contributed by atoms with Crippen LogP contribution in [0.2, 0.25) is 0 Å². The van der Waals surface area contributed by atoms with Crippen molar-refractivity contribution in [2.75, 3.05) is 24.5 Å². The van der Waals surface area contributed by atoms with Crippen molar-refractivity contribution in [2.45, 2.75) is 57.9 Å². The van der Waals surface area contributed by atoms with Gasteiger partial charge in [0.1, 0.15) is 5.82 Å². The number of pyridine rings is 1. The third-order valence-electron chi connectivity index (χ3n) is 5.61. The molecule has 1 saturated heterocycles. The number of carbonyl (C=O) groups excluding carboxylic acids is 1. The molecule has 1 aromatic rings. The fourth-order valence-corrected chi connectivity index (χ4v) is 4.05. The molecule has 2 heterocycles. The van der Waals surface area contributed by atoms with E-state index in [9.17, 15) is 4.79 Å². The van der Waals surface area contributed by atoms with Crippen LogP contribution in [0, 0.1) is 5.41 Å². The quantitative estimate of drug-likeness (QED) is 0.841. The van der Waals surface area contributed by atoms with E-state index in [2.05, 4.69) is 21.3 Å². The van der Waals surface area contributed by atoms with Gasteiger partial charge in [-0.05, 0) is 55.3 Å². The van der Waals surface area contributed by atoms with E-state index in [-0.39, 0.29) is 11.3 Å². The molecule has 5 nitrogen and oxygen atoms in total. The molecule has 0 radical (unpaired) electrons. The molecule has 1 aliphatic heterocycles. The summed E-state index contributed by atoms with van der Waals surface area (Å²) < 4.78 is 0. The Morgan fingerprint density at radius 1 is 1.21 bits per heavy atom. The normalized spacial score (nSPS) is 20.1. The summed E-state index contributed by atoms with van der Waals surface area (Å²) in [7, 11) is 0. The number of carbonyl (C=O) groups is 1. The lowest BCUT2D eigenvalue weighted by atomic mass is 9.71. The monoisotopic (exact) mass is 330 g/mol. The Hall–Kier alpha value is -1.62. The molecular weight excluding hydrogens is 300 g/mol.